The lowest BCUT2D eigenvalue weighted by Gasteiger charge is -2.24. The van der Waals surface area contributed by atoms with E-state index in [1.165, 1.54) is 18.4 Å². The Balaban J connectivity index is 3.52. The number of hydrogen-bond acceptors (Lipinski definition) is 1. The van der Waals surface area contributed by atoms with Crippen molar-refractivity contribution in [3.63, 3.8) is 0 Å². The van der Waals surface area contributed by atoms with E-state index in [2.05, 4.69) is 46.5 Å². The number of rotatable bonds is 7. The van der Waals surface area contributed by atoms with Crippen molar-refractivity contribution in [2.24, 2.45) is 5.92 Å². The van der Waals surface area contributed by atoms with Gasteiger partial charge in [0.1, 0.15) is 0 Å². The van der Waals surface area contributed by atoms with Crippen LogP contribution in [-0.2, 0) is 0 Å². The zero-order valence-corrected chi connectivity index (χ0v) is 10.6. The number of allylic oxidation sites excluding steroid dienone is 1. The molecule has 0 saturated carbocycles. The van der Waals surface area contributed by atoms with Gasteiger partial charge in [0.05, 0.1) is 0 Å². The summed E-state index contributed by atoms with van der Waals surface area (Å²) in [4.78, 5) is 0. The smallest absolute Gasteiger partial charge is 0.0122 e. The molecular weight excluding hydrogens is 170 g/mol. The van der Waals surface area contributed by atoms with E-state index in [1.807, 2.05) is 0 Å². The summed E-state index contributed by atoms with van der Waals surface area (Å²) in [6, 6.07) is 0. The Kier molecular flexibility index (Phi) is 6.10. The molecule has 0 aliphatic heterocycles. The Labute approximate surface area is 90.0 Å². The fourth-order valence-corrected chi connectivity index (χ4v) is 1.16. The molecule has 0 aromatic carbocycles. The van der Waals surface area contributed by atoms with Gasteiger partial charge in [-0.2, -0.15) is 0 Å². The molecular formula is C13H27N. The Morgan fingerprint density at radius 3 is 2.36 bits per heavy atom. The van der Waals surface area contributed by atoms with Gasteiger partial charge in [-0.15, -0.1) is 0 Å². The van der Waals surface area contributed by atoms with Crippen LogP contribution in [0.5, 0.6) is 0 Å². The highest BCUT2D eigenvalue weighted by atomic mass is 14.9. The van der Waals surface area contributed by atoms with Gasteiger partial charge in [0.15, 0.2) is 0 Å². The third-order valence-electron chi connectivity index (χ3n) is 2.98. The van der Waals surface area contributed by atoms with Crippen molar-refractivity contribution in [1.82, 2.24) is 5.32 Å². The third-order valence-corrected chi connectivity index (χ3v) is 2.98. The van der Waals surface area contributed by atoms with E-state index in [1.54, 1.807) is 0 Å². The average Bonchev–Trinajstić information content (AvgIpc) is 2.12. The second-order valence-electron chi connectivity index (χ2n) is 5.08. The van der Waals surface area contributed by atoms with Crippen molar-refractivity contribution in [3.05, 3.63) is 12.2 Å². The number of nitrogens with one attached hydrogen (secondary N) is 1. The van der Waals surface area contributed by atoms with Crippen LogP contribution >= 0.6 is 0 Å². The molecule has 0 aliphatic carbocycles. The first kappa shape index (κ1) is 13.7. The lowest BCUT2D eigenvalue weighted by atomic mass is 9.99. The van der Waals surface area contributed by atoms with E-state index in [0.717, 1.165) is 13.0 Å². The Bertz CT molecular complexity index is 168. The summed E-state index contributed by atoms with van der Waals surface area (Å²) in [5.74, 6) is 0.634. The summed E-state index contributed by atoms with van der Waals surface area (Å²) < 4.78 is 0. The van der Waals surface area contributed by atoms with Crippen molar-refractivity contribution in [2.45, 2.75) is 59.4 Å². The first-order chi connectivity index (χ1) is 6.39. The van der Waals surface area contributed by atoms with Crippen LogP contribution in [0.4, 0.5) is 0 Å². The fraction of sp³-hybridized carbons (Fsp3) is 0.846. The molecule has 0 rings (SSSR count). The maximum Gasteiger partial charge on any atom is 0.0122 e. The van der Waals surface area contributed by atoms with Crippen LogP contribution in [-0.4, -0.2) is 12.1 Å². The van der Waals surface area contributed by atoms with Crippen LogP contribution in [0.3, 0.4) is 0 Å². The summed E-state index contributed by atoms with van der Waals surface area (Å²) >= 11 is 0. The van der Waals surface area contributed by atoms with Crippen LogP contribution in [0.25, 0.3) is 0 Å². The standard InChI is InChI=1S/C13H27N/c1-7-13(5,6)14-10-8-9-12(4)11(2)3/h11,14H,4,7-10H2,1-3,5-6H3. The van der Waals surface area contributed by atoms with Crippen molar-refractivity contribution in [1.29, 1.82) is 0 Å². The van der Waals surface area contributed by atoms with Crippen LogP contribution in [0.1, 0.15) is 53.9 Å². The number of hydrogen-bond donors (Lipinski definition) is 1. The third kappa shape index (κ3) is 6.20. The van der Waals surface area contributed by atoms with E-state index in [0.29, 0.717) is 11.5 Å². The lowest BCUT2D eigenvalue weighted by Crippen LogP contribution is -2.39. The SMILES string of the molecule is C=C(CCCNC(C)(C)CC)C(C)C. The Morgan fingerprint density at radius 1 is 1.36 bits per heavy atom. The fourth-order valence-electron chi connectivity index (χ4n) is 1.16. The highest BCUT2D eigenvalue weighted by molar-refractivity contribution is 4.97. The van der Waals surface area contributed by atoms with Gasteiger partial charge >= 0.3 is 0 Å². The zero-order chi connectivity index (χ0) is 11.2. The maximum absolute atomic E-state index is 4.08. The molecule has 1 nitrogen and oxygen atoms in total. The highest BCUT2D eigenvalue weighted by Gasteiger charge is 2.12. The van der Waals surface area contributed by atoms with Crippen molar-refractivity contribution in [2.75, 3.05) is 6.54 Å². The molecule has 0 radical (unpaired) electrons. The van der Waals surface area contributed by atoms with Crippen molar-refractivity contribution < 1.29 is 0 Å². The van der Waals surface area contributed by atoms with Gasteiger partial charge in [-0.05, 0) is 45.6 Å². The molecule has 0 spiro atoms. The van der Waals surface area contributed by atoms with Crippen LogP contribution in [0, 0.1) is 5.92 Å². The van der Waals surface area contributed by atoms with Gasteiger partial charge in [-0.25, -0.2) is 0 Å². The molecule has 0 amide bonds. The molecule has 0 fully saturated rings. The monoisotopic (exact) mass is 197 g/mol. The Morgan fingerprint density at radius 2 is 1.93 bits per heavy atom. The van der Waals surface area contributed by atoms with Gasteiger partial charge in [-0.3, -0.25) is 0 Å². The largest absolute Gasteiger partial charge is 0.312 e. The predicted octanol–water partition coefficient (Wildman–Crippen LogP) is 3.76. The molecule has 0 aromatic rings. The normalized spacial score (nSPS) is 12.1. The van der Waals surface area contributed by atoms with E-state index in [-0.39, 0.29) is 0 Å². The van der Waals surface area contributed by atoms with Gasteiger partial charge in [0.25, 0.3) is 0 Å². The molecule has 1 N–H and O–H groups in total. The molecule has 1 heteroatoms. The van der Waals surface area contributed by atoms with Gasteiger partial charge in [0.2, 0.25) is 0 Å². The minimum Gasteiger partial charge on any atom is -0.312 e. The van der Waals surface area contributed by atoms with E-state index in [9.17, 15) is 0 Å². The van der Waals surface area contributed by atoms with Crippen molar-refractivity contribution in [3.8, 4) is 0 Å². The maximum atomic E-state index is 4.08. The molecule has 0 aliphatic rings. The molecule has 0 aromatic heterocycles. The summed E-state index contributed by atoms with van der Waals surface area (Å²) in [5.41, 5.74) is 1.67. The average molecular weight is 197 g/mol. The first-order valence-corrected chi connectivity index (χ1v) is 5.81. The van der Waals surface area contributed by atoms with Gasteiger partial charge in [0, 0.05) is 5.54 Å². The minimum absolute atomic E-state index is 0.291. The summed E-state index contributed by atoms with van der Waals surface area (Å²) in [7, 11) is 0. The first-order valence-electron chi connectivity index (χ1n) is 5.81. The van der Waals surface area contributed by atoms with E-state index >= 15 is 0 Å². The highest BCUT2D eigenvalue weighted by Crippen LogP contribution is 2.13. The summed E-state index contributed by atoms with van der Waals surface area (Å²) in [5, 5.41) is 3.56. The molecule has 0 saturated heterocycles. The van der Waals surface area contributed by atoms with Crippen LogP contribution in [0.2, 0.25) is 0 Å². The minimum atomic E-state index is 0.291. The molecule has 0 heterocycles. The van der Waals surface area contributed by atoms with E-state index in [4.69, 9.17) is 0 Å². The molecule has 0 bridgehead atoms. The van der Waals surface area contributed by atoms with Gasteiger partial charge < -0.3 is 5.32 Å². The quantitative estimate of drug-likeness (QED) is 0.484. The van der Waals surface area contributed by atoms with Crippen molar-refractivity contribution >= 4 is 0 Å². The second kappa shape index (κ2) is 6.23. The predicted molar refractivity (Wildman–Crippen MR) is 65.6 cm³/mol. The Hall–Kier alpha value is -0.300. The van der Waals surface area contributed by atoms with Crippen LogP contribution < -0.4 is 5.32 Å². The molecule has 84 valence electrons. The summed E-state index contributed by atoms with van der Waals surface area (Å²) in [6.07, 6.45) is 3.54. The van der Waals surface area contributed by atoms with Gasteiger partial charge in [-0.1, -0.05) is 32.9 Å². The van der Waals surface area contributed by atoms with Crippen LogP contribution in [0.15, 0.2) is 12.2 Å². The summed E-state index contributed by atoms with van der Waals surface area (Å²) in [6.45, 7) is 16.3. The molecule has 0 unspecified atom stereocenters. The topological polar surface area (TPSA) is 12.0 Å². The molecule has 0 atom stereocenters. The van der Waals surface area contributed by atoms with E-state index < -0.39 is 0 Å². The zero-order valence-electron chi connectivity index (χ0n) is 10.6. The second-order valence-corrected chi connectivity index (χ2v) is 5.08. The molecule has 14 heavy (non-hydrogen) atoms. The lowest BCUT2D eigenvalue weighted by molar-refractivity contribution is 0.373.